The molecule has 3 heterocycles. The van der Waals surface area contributed by atoms with Crippen molar-refractivity contribution in [2.24, 2.45) is 0 Å². The van der Waals surface area contributed by atoms with Crippen molar-refractivity contribution < 1.29 is 14.3 Å². The van der Waals surface area contributed by atoms with Gasteiger partial charge in [0.05, 0.1) is 18.6 Å². The smallest absolute Gasteiger partial charge is 0.333 e. The number of carbonyl (C=O) groups excluding carboxylic acids is 2. The van der Waals surface area contributed by atoms with Crippen LogP contribution >= 0.6 is 0 Å². The second-order valence-corrected chi connectivity index (χ2v) is 8.46. The lowest BCUT2D eigenvalue weighted by Gasteiger charge is -2.23. The van der Waals surface area contributed by atoms with Crippen LogP contribution in [0, 0.1) is 0 Å². The number of aryl methyl sites for hydroxylation is 1. The fraction of sp³-hybridized carbons (Fsp3) is 0.240. The Hall–Kier alpha value is -4.67. The molecule has 0 aliphatic carbocycles. The van der Waals surface area contributed by atoms with Crippen LogP contribution in [0.2, 0.25) is 0 Å². The van der Waals surface area contributed by atoms with Crippen LogP contribution in [-0.2, 0) is 29.2 Å². The molecule has 1 unspecified atom stereocenters. The number of benzene rings is 2. The van der Waals surface area contributed by atoms with Gasteiger partial charge in [-0.15, -0.1) is 0 Å². The first kappa shape index (κ1) is 23.1. The van der Waals surface area contributed by atoms with E-state index in [1.807, 2.05) is 37.3 Å². The monoisotopic (exact) mass is 488 g/mol. The quantitative estimate of drug-likeness (QED) is 0.426. The lowest BCUT2D eigenvalue weighted by Crippen LogP contribution is -2.43. The molecule has 1 aliphatic rings. The molecule has 2 aromatic heterocycles. The standard InChI is InChI=1S/C25H24N6O5/c1-3-29-14-26-22-21(29)24(34)31(25(35)30(22)12-16-7-5-4-6-8-16)13-20(32)27-17-9-10-19-18(11-17)28-23(33)15(2)36-19/h4-11,14-15H,3,12-13H2,1-2H3,(H,27,32)(H,28,33). The van der Waals surface area contributed by atoms with Gasteiger partial charge in [0.25, 0.3) is 11.5 Å². The zero-order valence-corrected chi connectivity index (χ0v) is 19.7. The maximum Gasteiger partial charge on any atom is 0.333 e. The number of nitrogens with zero attached hydrogens (tertiary/aromatic N) is 4. The van der Waals surface area contributed by atoms with Gasteiger partial charge in [0, 0.05) is 12.2 Å². The minimum absolute atomic E-state index is 0.196. The molecule has 11 nitrogen and oxygen atoms in total. The Morgan fingerprint density at radius 2 is 1.89 bits per heavy atom. The second kappa shape index (κ2) is 9.17. The van der Waals surface area contributed by atoms with Gasteiger partial charge in [-0.1, -0.05) is 30.3 Å². The third kappa shape index (κ3) is 4.15. The molecule has 2 amide bonds. The van der Waals surface area contributed by atoms with E-state index in [1.165, 1.54) is 10.9 Å². The summed E-state index contributed by atoms with van der Waals surface area (Å²) in [6.45, 7) is 3.68. The third-order valence-corrected chi connectivity index (χ3v) is 6.00. The fourth-order valence-corrected chi connectivity index (χ4v) is 4.16. The van der Waals surface area contributed by atoms with E-state index in [1.54, 1.807) is 29.7 Å². The number of carbonyl (C=O) groups is 2. The molecule has 1 aliphatic heterocycles. The zero-order chi connectivity index (χ0) is 25.4. The molecule has 0 radical (unpaired) electrons. The molecule has 184 valence electrons. The largest absolute Gasteiger partial charge is 0.479 e. The van der Waals surface area contributed by atoms with Crippen LogP contribution in [0.25, 0.3) is 11.2 Å². The average Bonchev–Trinajstić information content (AvgIpc) is 3.30. The van der Waals surface area contributed by atoms with Crippen molar-refractivity contribution in [3.05, 3.63) is 81.3 Å². The van der Waals surface area contributed by atoms with Crippen LogP contribution < -0.4 is 26.6 Å². The van der Waals surface area contributed by atoms with Crippen LogP contribution in [0.3, 0.4) is 0 Å². The summed E-state index contributed by atoms with van der Waals surface area (Å²) < 4.78 is 9.50. The van der Waals surface area contributed by atoms with E-state index < -0.39 is 29.8 Å². The number of amides is 2. The van der Waals surface area contributed by atoms with Crippen molar-refractivity contribution in [3.8, 4) is 5.75 Å². The van der Waals surface area contributed by atoms with Crippen LogP contribution in [0.5, 0.6) is 5.75 Å². The summed E-state index contributed by atoms with van der Waals surface area (Å²) in [4.78, 5) is 55.8. The molecule has 36 heavy (non-hydrogen) atoms. The van der Waals surface area contributed by atoms with E-state index in [-0.39, 0.29) is 23.6 Å². The molecule has 0 saturated carbocycles. The molecular formula is C25H24N6O5. The van der Waals surface area contributed by atoms with Crippen LogP contribution in [0.1, 0.15) is 19.4 Å². The highest BCUT2D eigenvalue weighted by Crippen LogP contribution is 2.32. The maximum absolute atomic E-state index is 13.4. The molecule has 4 aromatic rings. The Morgan fingerprint density at radius 1 is 1.11 bits per heavy atom. The summed E-state index contributed by atoms with van der Waals surface area (Å²) in [6, 6.07) is 14.1. The van der Waals surface area contributed by atoms with Crippen molar-refractivity contribution >= 4 is 34.4 Å². The van der Waals surface area contributed by atoms with E-state index in [9.17, 15) is 19.2 Å². The number of aromatic nitrogens is 4. The fourth-order valence-electron chi connectivity index (χ4n) is 4.16. The van der Waals surface area contributed by atoms with E-state index >= 15 is 0 Å². The first-order valence-electron chi connectivity index (χ1n) is 11.5. The molecular weight excluding hydrogens is 464 g/mol. The Kier molecular flexibility index (Phi) is 5.88. The molecule has 0 fully saturated rings. The van der Waals surface area contributed by atoms with Gasteiger partial charge in [0.15, 0.2) is 17.3 Å². The lowest BCUT2D eigenvalue weighted by atomic mass is 10.2. The highest BCUT2D eigenvalue weighted by molar-refractivity contribution is 5.99. The van der Waals surface area contributed by atoms with Gasteiger partial charge >= 0.3 is 5.69 Å². The Morgan fingerprint density at radius 3 is 2.64 bits per heavy atom. The SMILES string of the molecule is CCn1cnc2c1c(=O)n(CC(=O)Nc1ccc3c(c1)NC(=O)C(C)O3)c(=O)n2Cc1ccccc1. The first-order valence-corrected chi connectivity index (χ1v) is 11.5. The number of ether oxygens (including phenoxy) is 1. The number of fused-ring (bicyclic) bond motifs is 2. The zero-order valence-electron chi connectivity index (χ0n) is 19.7. The second-order valence-electron chi connectivity index (χ2n) is 8.46. The molecule has 11 heteroatoms. The van der Waals surface area contributed by atoms with Gasteiger partial charge < -0.3 is 19.9 Å². The summed E-state index contributed by atoms with van der Waals surface area (Å²) in [5.41, 5.74) is 0.966. The van der Waals surface area contributed by atoms with E-state index in [0.29, 0.717) is 23.7 Å². The van der Waals surface area contributed by atoms with Crippen molar-refractivity contribution in [1.82, 2.24) is 18.7 Å². The summed E-state index contributed by atoms with van der Waals surface area (Å²) in [7, 11) is 0. The van der Waals surface area contributed by atoms with Crippen molar-refractivity contribution in [2.75, 3.05) is 10.6 Å². The lowest BCUT2D eigenvalue weighted by molar-refractivity contribution is -0.122. The van der Waals surface area contributed by atoms with Crippen LogP contribution in [0.4, 0.5) is 11.4 Å². The molecule has 0 saturated heterocycles. The van der Waals surface area contributed by atoms with Gasteiger partial charge in [0.1, 0.15) is 12.3 Å². The normalized spacial score (nSPS) is 14.7. The van der Waals surface area contributed by atoms with E-state index in [0.717, 1.165) is 10.1 Å². The topological polar surface area (TPSA) is 129 Å². The number of nitrogens with one attached hydrogen (secondary N) is 2. The summed E-state index contributed by atoms with van der Waals surface area (Å²) >= 11 is 0. The minimum Gasteiger partial charge on any atom is -0.479 e. The summed E-state index contributed by atoms with van der Waals surface area (Å²) in [5.74, 6) is -0.380. The van der Waals surface area contributed by atoms with Crippen molar-refractivity contribution in [1.29, 1.82) is 0 Å². The molecule has 2 aromatic carbocycles. The summed E-state index contributed by atoms with van der Waals surface area (Å²) in [6.07, 6.45) is 0.899. The predicted octanol–water partition coefficient (Wildman–Crippen LogP) is 1.79. The Bertz CT molecular complexity index is 1600. The highest BCUT2D eigenvalue weighted by atomic mass is 16.5. The van der Waals surface area contributed by atoms with Crippen molar-refractivity contribution in [3.63, 3.8) is 0 Å². The number of rotatable bonds is 6. The van der Waals surface area contributed by atoms with Gasteiger partial charge in [-0.25, -0.2) is 14.3 Å². The third-order valence-electron chi connectivity index (χ3n) is 6.00. The maximum atomic E-state index is 13.4. The Labute approximate surface area is 204 Å². The number of hydrogen-bond acceptors (Lipinski definition) is 6. The molecule has 1 atom stereocenters. The van der Waals surface area contributed by atoms with Gasteiger partial charge in [-0.05, 0) is 37.6 Å². The molecule has 0 bridgehead atoms. The summed E-state index contributed by atoms with van der Waals surface area (Å²) in [5, 5.41) is 5.40. The highest BCUT2D eigenvalue weighted by Gasteiger charge is 2.24. The molecule has 2 N–H and O–H groups in total. The average molecular weight is 489 g/mol. The van der Waals surface area contributed by atoms with Crippen molar-refractivity contribution in [2.45, 2.75) is 39.6 Å². The molecule has 5 rings (SSSR count). The Balaban J connectivity index is 1.48. The first-order chi connectivity index (χ1) is 17.4. The molecule has 0 spiro atoms. The predicted molar refractivity (Wildman–Crippen MR) is 133 cm³/mol. The van der Waals surface area contributed by atoms with Gasteiger partial charge in [-0.3, -0.25) is 19.0 Å². The van der Waals surface area contributed by atoms with E-state index in [2.05, 4.69) is 15.6 Å². The number of anilines is 2. The number of hydrogen-bond donors (Lipinski definition) is 2. The van der Waals surface area contributed by atoms with Crippen LogP contribution in [-0.4, -0.2) is 36.6 Å². The van der Waals surface area contributed by atoms with Gasteiger partial charge in [0.2, 0.25) is 5.91 Å². The van der Waals surface area contributed by atoms with Crippen LogP contribution in [0.15, 0.2) is 64.4 Å². The van der Waals surface area contributed by atoms with E-state index in [4.69, 9.17) is 4.74 Å². The van der Waals surface area contributed by atoms with Gasteiger partial charge in [-0.2, -0.15) is 0 Å². The number of imidazole rings is 1. The minimum atomic E-state index is -0.632.